The molecule has 1 N–H and O–H groups in total. The zero-order valence-corrected chi connectivity index (χ0v) is 15.7. The van der Waals surface area contributed by atoms with E-state index >= 15 is 0 Å². The summed E-state index contributed by atoms with van der Waals surface area (Å²) in [6.07, 6.45) is 1.60. The molecule has 3 rings (SSSR count). The lowest BCUT2D eigenvalue weighted by Gasteiger charge is -2.11. The van der Waals surface area contributed by atoms with Crippen molar-refractivity contribution in [2.75, 3.05) is 11.1 Å². The van der Waals surface area contributed by atoms with Gasteiger partial charge < -0.3 is 5.32 Å². The van der Waals surface area contributed by atoms with Crippen LogP contribution in [-0.4, -0.2) is 21.2 Å². The van der Waals surface area contributed by atoms with Crippen LogP contribution in [0.3, 0.4) is 0 Å². The number of aromatic nitrogens is 2. The monoisotopic (exact) mass is 403 g/mol. The van der Waals surface area contributed by atoms with Crippen LogP contribution in [0, 0.1) is 5.82 Å². The third-order valence-electron chi connectivity index (χ3n) is 3.67. The first-order valence-electron chi connectivity index (χ1n) is 7.98. The van der Waals surface area contributed by atoms with Crippen molar-refractivity contribution >= 4 is 45.9 Å². The molecule has 0 aliphatic heterocycles. The summed E-state index contributed by atoms with van der Waals surface area (Å²) in [5.74, 6) is -0.857. The van der Waals surface area contributed by atoms with Gasteiger partial charge in [0.1, 0.15) is 5.82 Å². The van der Waals surface area contributed by atoms with Crippen molar-refractivity contribution in [2.24, 2.45) is 0 Å². The Kier molecular flexibility index (Phi) is 5.93. The highest BCUT2D eigenvalue weighted by Gasteiger charge is 2.13. The van der Waals surface area contributed by atoms with Gasteiger partial charge in [-0.05, 0) is 30.3 Å². The summed E-state index contributed by atoms with van der Waals surface area (Å²) in [5, 5.41) is 3.50. The lowest BCUT2D eigenvalue weighted by molar-refractivity contribution is -0.113. The third-order valence-corrected chi connectivity index (χ3v) is 4.94. The number of allylic oxidation sites excluding steroid dienone is 1. The summed E-state index contributed by atoms with van der Waals surface area (Å²) in [5.41, 5.74) is 0.770. The minimum absolute atomic E-state index is 0.0247. The molecule has 0 aliphatic rings. The van der Waals surface area contributed by atoms with E-state index in [1.54, 1.807) is 30.3 Å². The van der Waals surface area contributed by atoms with Gasteiger partial charge in [0.05, 0.1) is 21.7 Å². The summed E-state index contributed by atoms with van der Waals surface area (Å²) < 4.78 is 14.7. The molecule has 0 saturated carbocycles. The number of nitrogens with zero attached hydrogens (tertiary/aromatic N) is 2. The number of carbonyl (C=O) groups is 1. The SMILES string of the molecule is C=CCn1c(SCC(=O)Nc2ccc(F)c(Cl)c2)nc2ccccc2c1=O. The maximum Gasteiger partial charge on any atom is 0.262 e. The van der Waals surface area contributed by atoms with E-state index in [0.29, 0.717) is 21.7 Å². The molecule has 0 unspecified atom stereocenters. The Morgan fingerprint density at radius 2 is 2.11 bits per heavy atom. The summed E-state index contributed by atoms with van der Waals surface area (Å²) in [4.78, 5) is 29.3. The van der Waals surface area contributed by atoms with Crippen molar-refractivity contribution in [3.63, 3.8) is 0 Å². The van der Waals surface area contributed by atoms with Crippen LogP contribution in [0.1, 0.15) is 0 Å². The Morgan fingerprint density at radius 1 is 1.33 bits per heavy atom. The first kappa shape index (κ1) is 19.1. The van der Waals surface area contributed by atoms with Crippen LogP contribution in [0.5, 0.6) is 0 Å². The lowest BCUT2D eigenvalue weighted by Crippen LogP contribution is -2.23. The number of rotatable bonds is 6. The average molecular weight is 404 g/mol. The minimum atomic E-state index is -0.558. The zero-order chi connectivity index (χ0) is 19.4. The Bertz CT molecular complexity index is 1080. The molecular weight excluding hydrogens is 389 g/mol. The summed E-state index contributed by atoms with van der Waals surface area (Å²) in [6.45, 7) is 3.95. The van der Waals surface area contributed by atoms with E-state index in [9.17, 15) is 14.0 Å². The Balaban J connectivity index is 1.80. The molecule has 27 heavy (non-hydrogen) atoms. The summed E-state index contributed by atoms with van der Waals surface area (Å²) in [7, 11) is 0. The standard InChI is InChI=1S/C19H15ClFN3O2S/c1-2-9-24-18(26)13-5-3-4-6-16(13)23-19(24)27-11-17(25)22-12-7-8-15(21)14(20)10-12/h2-8,10H,1,9,11H2,(H,22,25). The van der Waals surface area contributed by atoms with Gasteiger partial charge in [0.25, 0.3) is 5.56 Å². The number of halogens is 2. The Morgan fingerprint density at radius 3 is 2.85 bits per heavy atom. The molecule has 0 bridgehead atoms. The first-order chi connectivity index (χ1) is 13.0. The van der Waals surface area contributed by atoms with Crippen molar-refractivity contribution in [2.45, 2.75) is 11.7 Å². The molecule has 1 amide bonds. The highest BCUT2D eigenvalue weighted by atomic mass is 35.5. The van der Waals surface area contributed by atoms with Gasteiger partial charge in [-0.25, -0.2) is 9.37 Å². The lowest BCUT2D eigenvalue weighted by atomic mass is 10.2. The Hall–Kier alpha value is -2.64. The van der Waals surface area contributed by atoms with Gasteiger partial charge >= 0.3 is 0 Å². The van der Waals surface area contributed by atoms with E-state index in [4.69, 9.17) is 11.6 Å². The fraction of sp³-hybridized carbons (Fsp3) is 0.105. The number of para-hydroxylation sites is 1. The Labute approximate surface area is 163 Å². The molecule has 5 nitrogen and oxygen atoms in total. The molecule has 2 aromatic carbocycles. The highest BCUT2D eigenvalue weighted by Crippen LogP contribution is 2.21. The van der Waals surface area contributed by atoms with Crippen LogP contribution in [0.4, 0.5) is 10.1 Å². The number of thioether (sulfide) groups is 1. The highest BCUT2D eigenvalue weighted by molar-refractivity contribution is 7.99. The van der Waals surface area contributed by atoms with Crippen molar-refractivity contribution in [3.05, 3.63) is 76.3 Å². The van der Waals surface area contributed by atoms with Crippen LogP contribution in [0.2, 0.25) is 5.02 Å². The maximum atomic E-state index is 13.2. The second-order valence-electron chi connectivity index (χ2n) is 5.58. The number of benzene rings is 2. The summed E-state index contributed by atoms with van der Waals surface area (Å²) in [6, 6.07) is 11.0. The van der Waals surface area contributed by atoms with E-state index in [1.165, 1.54) is 22.8 Å². The number of anilines is 1. The summed E-state index contributed by atoms with van der Waals surface area (Å²) >= 11 is 6.85. The van der Waals surface area contributed by atoms with Crippen molar-refractivity contribution in [3.8, 4) is 0 Å². The number of nitrogens with one attached hydrogen (secondary N) is 1. The molecule has 0 saturated heterocycles. The van der Waals surface area contributed by atoms with Crippen LogP contribution in [0.25, 0.3) is 10.9 Å². The van der Waals surface area contributed by atoms with E-state index in [2.05, 4.69) is 16.9 Å². The van der Waals surface area contributed by atoms with Gasteiger partial charge in [0, 0.05) is 12.2 Å². The van der Waals surface area contributed by atoms with Crippen molar-refractivity contribution < 1.29 is 9.18 Å². The van der Waals surface area contributed by atoms with Crippen LogP contribution in [0.15, 0.2) is 65.1 Å². The predicted octanol–water partition coefficient (Wildman–Crippen LogP) is 4.11. The minimum Gasteiger partial charge on any atom is -0.325 e. The number of hydrogen-bond acceptors (Lipinski definition) is 4. The largest absolute Gasteiger partial charge is 0.325 e. The maximum absolute atomic E-state index is 13.2. The number of hydrogen-bond donors (Lipinski definition) is 1. The topological polar surface area (TPSA) is 64.0 Å². The second-order valence-corrected chi connectivity index (χ2v) is 6.93. The molecular formula is C19H15ClFN3O2S. The number of carbonyl (C=O) groups excluding carboxylic acids is 1. The van der Waals surface area contributed by atoms with Crippen LogP contribution >= 0.6 is 23.4 Å². The van der Waals surface area contributed by atoms with Crippen LogP contribution < -0.4 is 10.9 Å². The van der Waals surface area contributed by atoms with E-state index in [-0.39, 0.29) is 28.8 Å². The van der Waals surface area contributed by atoms with Gasteiger partial charge in [-0.1, -0.05) is 41.6 Å². The van der Waals surface area contributed by atoms with Gasteiger partial charge in [0.15, 0.2) is 5.16 Å². The normalized spacial score (nSPS) is 10.7. The average Bonchev–Trinajstić information content (AvgIpc) is 2.66. The van der Waals surface area contributed by atoms with Crippen molar-refractivity contribution in [1.29, 1.82) is 0 Å². The molecule has 0 atom stereocenters. The number of fused-ring (bicyclic) bond motifs is 1. The van der Waals surface area contributed by atoms with Gasteiger partial charge in [-0.3, -0.25) is 14.2 Å². The fourth-order valence-corrected chi connectivity index (χ4v) is 3.44. The number of amides is 1. The van der Waals surface area contributed by atoms with Gasteiger partial charge in [0.2, 0.25) is 5.91 Å². The molecule has 8 heteroatoms. The molecule has 0 spiro atoms. The third kappa shape index (κ3) is 4.37. The molecule has 0 radical (unpaired) electrons. The van der Waals surface area contributed by atoms with Crippen LogP contribution in [-0.2, 0) is 11.3 Å². The van der Waals surface area contributed by atoms with E-state index < -0.39 is 5.82 Å². The molecule has 138 valence electrons. The van der Waals surface area contributed by atoms with Gasteiger partial charge in [-0.15, -0.1) is 6.58 Å². The zero-order valence-electron chi connectivity index (χ0n) is 14.1. The predicted molar refractivity (Wildman–Crippen MR) is 107 cm³/mol. The molecule has 0 aliphatic carbocycles. The molecule has 0 fully saturated rings. The molecule has 1 heterocycles. The fourth-order valence-electron chi connectivity index (χ4n) is 2.45. The molecule has 3 aromatic rings. The van der Waals surface area contributed by atoms with Gasteiger partial charge in [-0.2, -0.15) is 0 Å². The molecule has 1 aromatic heterocycles. The smallest absolute Gasteiger partial charge is 0.262 e. The first-order valence-corrected chi connectivity index (χ1v) is 9.34. The van der Waals surface area contributed by atoms with Crippen molar-refractivity contribution in [1.82, 2.24) is 9.55 Å². The van der Waals surface area contributed by atoms with E-state index in [1.807, 2.05) is 0 Å². The quantitative estimate of drug-likeness (QED) is 0.382. The second kappa shape index (κ2) is 8.37. The van der Waals surface area contributed by atoms with E-state index in [0.717, 1.165) is 11.8 Å².